The minimum absolute atomic E-state index is 0.160. The summed E-state index contributed by atoms with van der Waals surface area (Å²) in [6.07, 6.45) is 0. The molecule has 1 heterocycles. The molecule has 90 valence electrons. The van der Waals surface area contributed by atoms with Crippen LogP contribution in [-0.2, 0) is 4.43 Å². The summed E-state index contributed by atoms with van der Waals surface area (Å²) in [4.78, 5) is 0. The first-order valence-electron chi connectivity index (χ1n) is 6.18. The molecule has 1 nitrogen and oxygen atoms in total. The van der Waals surface area contributed by atoms with Crippen LogP contribution < -0.4 is 0 Å². The van der Waals surface area contributed by atoms with E-state index in [4.69, 9.17) is 4.43 Å². The summed E-state index contributed by atoms with van der Waals surface area (Å²) in [5.41, 5.74) is 0.160. The van der Waals surface area contributed by atoms with Gasteiger partial charge in [-0.1, -0.05) is 32.6 Å². The topological polar surface area (TPSA) is 9.23 Å². The summed E-state index contributed by atoms with van der Waals surface area (Å²) >= 11 is 0. The van der Waals surface area contributed by atoms with Crippen molar-refractivity contribution in [3.05, 3.63) is 0 Å². The molecular weight excluding hydrogens is 232 g/mol. The van der Waals surface area contributed by atoms with Crippen molar-refractivity contribution in [3.63, 3.8) is 0 Å². The van der Waals surface area contributed by atoms with Gasteiger partial charge in [-0.05, 0) is 33.0 Å². The monoisotopic (exact) mass is 260 g/mol. The Morgan fingerprint density at radius 1 is 1.07 bits per heavy atom. The third-order valence-corrected chi connectivity index (χ3v) is 46.2. The van der Waals surface area contributed by atoms with Gasteiger partial charge in [0.15, 0.2) is 7.83 Å². The highest BCUT2D eigenvalue weighted by Crippen LogP contribution is 2.45. The average Bonchev–Trinajstić information content (AvgIpc) is 1.95. The van der Waals surface area contributed by atoms with Gasteiger partial charge in [-0.25, -0.2) is 0 Å². The second-order valence-electron chi connectivity index (χ2n) is 7.12. The normalized spacial score (nSPS) is 37.6. The molecule has 1 saturated heterocycles. The van der Waals surface area contributed by atoms with Crippen LogP contribution in [0.2, 0.25) is 44.8 Å². The first-order chi connectivity index (χ1) is 6.47. The summed E-state index contributed by atoms with van der Waals surface area (Å²) in [6, 6.07) is 2.80. The smallest absolute Gasteiger partial charge is 0.172 e. The Hall–Kier alpha value is 0.611. The van der Waals surface area contributed by atoms with E-state index in [1.165, 1.54) is 12.1 Å². The lowest BCUT2D eigenvalue weighted by atomic mass is 10.2. The molecule has 1 aliphatic rings. The van der Waals surface area contributed by atoms with Crippen LogP contribution in [-0.4, -0.2) is 28.1 Å². The maximum absolute atomic E-state index is 6.54. The average molecular weight is 261 g/mol. The van der Waals surface area contributed by atoms with Crippen LogP contribution >= 0.6 is 0 Å². The summed E-state index contributed by atoms with van der Waals surface area (Å²) in [5.74, 6) is 0. The van der Waals surface area contributed by atoms with E-state index >= 15 is 0 Å². The lowest BCUT2D eigenvalue weighted by molar-refractivity contribution is 0.122. The Balaban J connectivity index is 3.18. The fourth-order valence-electron chi connectivity index (χ4n) is 3.82. The second-order valence-corrected chi connectivity index (χ2v) is 33.6. The highest BCUT2D eigenvalue weighted by molar-refractivity contribution is 7.68. The Labute approximate surface area is 98.3 Å². The van der Waals surface area contributed by atoms with Crippen molar-refractivity contribution in [2.45, 2.75) is 71.2 Å². The van der Waals surface area contributed by atoms with Crippen LogP contribution in [0.25, 0.3) is 0 Å². The van der Waals surface area contributed by atoms with Gasteiger partial charge >= 0.3 is 0 Å². The summed E-state index contributed by atoms with van der Waals surface area (Å²) in [7, 11) is -3.55. The molecule has 15 heavy (non-hydrogen) atoms. The third-order valence-electron chi connectivity index (χ3n) is 4.93. The molecule has 0 bridgehead atoms. The molecular formula is C11H28OSi3. The largest absolute Gasteiger partial charge is 0.416 e. The Morgan fingerprint density at radius 3 is 1.87 bits per heavy atom. The summed E-state index contributed by atoms with van der Waals surface area (Å²) in [5, 5.41) is 0. The molecule has 0 aromatic heterocycles. The summed E-state index contributed by atoms with van der Waals surface area (Å²) in [6.45, 7) is 19.9. The number of rotatable bonds is 1. The van der Waals surface area contributed by atoms with Gasteiger partial charge in [0.05, 0.1) is 7.11 Å². The molecule has 0 N–H and O–H groups in total. The molecule has 1 atom stereocenters. The zero-order valence-electron chi connectivity index (χ0n) is 11.8. The van der Waals surface area contributed by atoms with Crippen molar-refractivity contribution in [1.82, 2.24) is 0 Å². The highest BCUT2D eigenvalue weighted by Gasteiger charge is 2.61. The molecule has 4 heteroatoms. The SMILES string of the molecule is CC[Si]1(C)[Si](C)(C)CC(C)(C)O[Si]1(C)C. The molecule has 1 rings (SSSR count). The van der Waals surface area contributed by atoms with E-state index in [0.29, 0.717) is 0 Å². The van der Waals surface area contributed by atoms with Crippen molar-refractivity contribution >= 4 is 22.5 Å². The van der Waals surface area contributed by atoms with Crippen molar-refractivity contribution < 1.29 is 4.43 Å². The van der Waals surface area contributed by atoms with Gasteiger partial charge in [0.1, 0.15) is 0 Å². The molecule has 0 saturated carbocycles. The zero-order valence-corrected chi connectivity index (χ0v) is 14.8. The van der Waals surface area contributed by atoms with E-state index < -0.39 is 22.5 Å². The second kappa shape index (κ2) is 3.55. The minimum Gasteiger partial charge on any atom is -0.416 e. The fourth-order valence-corrected chi connectivity index (χ4v) is 41.9. The molecule has 1 unspecified atom stereocenters. The lowest BCUT2D eigenvalue weighted by Crippen LogP contribution is -2.78. The van der Waals surface area contributed by atoms with Gasteiger partial charge in [-0.15, -0.1) is 0 Å². The maximum atomic E-state index is 6.54. The molecule has 0 aliphatic carbocycles. The third kappa shape index (κ3) is 2.06. The standard InChI is InChI=1S/C11H28OSi3/c1-9-15(8)13(4,5)10-11(2,3)12-14(15,6)7/h9-10H2,1-8H3. The van der Waals surface area contributed by atoms with Crippen molar-refractivity contribution in [1.29, 1.82) is 0 Å². The molecule has 1 fully saturated rings. The van der Waals surface area contributed by atoms with Gasteiger partial charge in [0, 0.05) is 13.2 Å². The van der Waals surface area contributed by atoms with Gasteiger partial charge in [0.2, 0.25) is 0 Å². The van der Waals surface area contributed by atoms with E-state index in [-0.39, 0.29) is 5.60 Å². The zero-order chi connectivity index (χ0) is 12.1. The van der Waals surface area contributed by atoms with Crippen LogP contribution in [0.5, 0.6) is 0 Å². The molecule has 0 aromatic carbocycles. The quantitative estimate of drug-likeness (QED) is 0.648. The minimum atomic E-state index is -1.41. The van der Waals surface area contributed by atoms with E-state index in [9.17, 15) is 0 Å². The Bertz CT molecular complexity index is 239. The molecule has 0 radical (unpaired) electrons. The van der Waals surface area contributed by atoms with Crippen molar-refractivity contribution in [2.75, 3.05) is 0 Å². The molecule has 0 amide bonds. The fraction of sp³-hybridized carbons (Fsp3) is 1.00. The predicted molar refractivity (Wildman–Crippen MR) is 77.0 cm³/mol. The highest BCUT2D eigenvalue weighted by atomic mass is 29.6. The van der Waals surface area contributed by atoms with Gasteiger partial charge in [-0.3, -0.25) is 0 Å². The first-order valence-corrected chi connectivity index (χ1v) is 17.0. The maximum Gasteiger partial charge on any atom is 0.172 e. The lowest BCUT2D eigenvalue weighted by Gasteiger charge is -2.59. The number of hydrogen-bond donors (Lipinski definition) is 0. The number of hydrogen-bond acceptors (Lipinski definition) is 1. The van der Waals surface area contributed by atoms with Crippen LogP contribution in [0.1, 0.15) is 20.8 Å². The Kier molecular flexibility index (Phi) is 3.24. The van der Waals surface area contributed by atoms with Gasteiger partial charge in [-0.2, -0.15) is 0 Å². The molecule has 0 spiro atoms. The van der Waals surface area contributed by atoms with Crippen LogP contribution in [0.3, 0.4) is 0 Å². The first kappa shape index (κ1) is 13.7. The van der Waals surface area contributed by atoms with Crippen LogP contribution in [0.4, 0.5) is 0 Å². The molecule has 1 aliphatic heterocycles. The molecule has 0 aromatic rings. The summed E-state index contributed by atoms with van der Waals surface area (Å²) < 4.78 is 6.54. The van der Waals surface area contributed by atoms with E-state index in [1.54, 1.807) is 0 Å². The van der Waals surface area contributed by atoms with Gasteiger partial charge < -0.3 is 4.43 Å². The van der Waals surface area contributed by atoms with Crippen LogP contribution in [0.15, 0.2) is 0 Å². The van der Waals surface area contributed by atoms with Crippen molar-refractivity contribution in [3.8, 4) is 0 Å². The van der Waals surface area contributed by atoms with E-state index in [1.807, 2.05) is 0 Å². The van der Waals surface area contributed by atoms with E-state index in [2.05, 4.69) is 53.5 Å². The predicted octanol–water partition coefficient (Wildman–Crippen LogP) is 3.96. The van der Waals surface area contributed by atoms with E-state index in [0.717, 1.165) is 0 Å². The van der Waals surface area contributed by atoms with Gasteiger partial charge in [0.25, 0.3) is 0 Å². The Morgan fingerprint density at radius 2 is 1.53 bits per heavy atom. The van der Waals surface area contributed by atoms with Crippen molar-refractivity contribution in [2.24, 2.45) is 0 Å². The van der Waals surface area contributed by atoms with Crippen LogP contribution in [0, 0.1) is 0 Å².